The van der Waals surface area contributed by atoms with Crippen LogP contribution in [-0.2, 0) is 0 Å². The molecular formula is C20H19N5O. The van der Waals surface area contributed by atoms with Crippen molar-refractivity contribution in [3.8, 4) is 11.3 Å². The molecule has 4 heterocycles. The molecule has 2 aliphatic heterocycles. The zero-order valence-electron chi connectivity index (χ0n) is 14.5. The predicted molar refractivity (Wildman–Crippen MR) is 101 cm³/mol. The lowest BCUT2D eigenvalue weighted by Gasteiger charge is -2.36. The Hall–Kier alpha value is -3.15. The fourth-order valence-corrected chi connectivity index (χ4v) is 3.80. The molecule has 1 atom stereocenters. The van der Waals surface area contributed by atoms with Crippen molar-refractivity contribution in [3.05, 3.63) is 60.1 Å². The molecule has 3 aliphatic rings. The molecule has 0 aromatic carbocycles. The van der Waals surface area contributed by atoms with Crippen molar-refractivity contribution in [2.75, 3.05) is 22.9 Å². The zero-order valence-corrected chi connectivity index (χ0v) is 14.5. The summed E-state index contributed by atoms with van der Waals surface area (Å²) in [5, 5.41) is 2.97. The first-order chi connectivity index (χ1) is 12.7. The largest absolute Gasteiger partial charge is 0.366 e. The molecule has 6 heteroatoms. The van der Waals surface area contributed by atoms with Crippen LogP contribution in [0, 0.1) is 6.92 Å². The van der Waals surface area contributed by atoms with Crippen LogP contribution in [0.3, 0.4) is 0 Å². The van der Waals surface area contributed by atoms with Crippen molar-refractivity contribution in [1.82, 2.24) is 15.3 Å². The molecule has 1 fully saturated rings. The molecule has 2 amide bonds. The van der Waals surface area contributed by atoms with Crippen molar-refractivity contribution >= 4 is 17.5 Å². The summed E-state index contributed by atoms with van der Waals surface area (Å²) in [6.45, 7) is 3.79. The van der Waals surface area contributed by atoms with Crippen molar-refractivity contribution < 1.29 is 4.79 Å². The van der Waals surface area contributed by atoms with Gasteiger partial charge in [0, 0.05) is 36.2 Å². The van der Waals surface area contributed by atoms with Gasteiger partial charge in [-0.1, -0.05) is 6.08 Å². The van der Waals surface area contributed by atoms with Crippen molar-refractivity contribution in [2.45, 2.75) is 19.4 Å². The first kappa shape index (κ1) is 15.1. The number of nitrogens with zero attached hydrogens (tertiary/aromatic N) is 4. The van der Waals surface area contributed by atoms with Crippen LogP contribution >= 0.6 is 0 Å². The van der Waals surface area contributed by atoms with Gasteiger partial charge in [0.1, 0.15) is 0 Å². The third-order valence-electron chi connectivity index (χ3n) is 5.17. The lowest BCUT2D eigenvalue weighted by Crippen LogP contribution is -2.50. The Bertz CT molecular complexity index is 964. The van der Waals surface area contributed by atoms with Gasteiger partial charge in [0.15, 0.2) is 5.82 Å². The number of carbonyl (C=O) groups is 1. The smallest absolute Gasteiger partial charge is 0.327 e. The standard InChI is InChI=1S/C20H19N5O/c1-13-11-14(7-9-21-13)17-5-6-18-19(23-17)25(16-8-10-24(18)12-16)20(26)22-15-3-2-4-15/h2-7,9,11,16H,8,10,12H2,1H3,(H,22,26)/t16-/m0/s1. The second kappa shape index (κ2) is 5.69. The topological polar surface area (TPSA) is 61.4 Å². The Morgan fingerprint density at radius 2 is 2.19 bits per heavy atom. The number of pyridine rings is 2. The number of allylic oxidation sites excluding steroid dienone is 3. The van der Waals surface area contributed by atoms with Crippen LogP contribution < -0.4 is 15.1 Å². The molecule has 26 heavy (non-hydrogen) atoms. The van der Waals surface area contributed by atoms with Gasteiger partial charge in [0.2, 0.25) is 0 Å². The molecule has 0 unspecified atom stereocenters. The first-order valence-electron chi connectivity index (χ1n) is 8.87. The number of hydrogen-bond donors (Lipinski definition) is 1. The number of carbonyl (C=O) groups excluding carboxylic acids is 1. The Balaban J connectivity index is 1.56. The van der Waals surface area contributed by atoms with Gasteiger partial charge in [-0.25, -0.2) is 9.78 Å². The van der Waals surface area contributed by atoms with Gasteiger partial charge >= 0.3 is 6.03 Å². The molecule has 5 rings (SSSR count). The van der Waals surface area contributed by atoms with E-state index in [2.05, 4.69) is 21.3 Å². The van der Waals surface area contributed by atoms with Crippen LogP contribution in [-0.4, -0.2) is 35.1 Å². The summed E-state index contributed by atoms with van der Waals surface area (Å²) in [7, 11) is 0. The molecule has 0 saturated carbocycles. The third kappa shape index (κ3) is 2.37. The van der Waals surface area contributed by atoms with E-state index in [1.165, 1.54) is 0 Å². The summed E-state index contributed by atoms with van der Waals surface area (Å²) in [4.78, 5) is 26.2. The van der Waals surface area contributed by atoms with Crippen molar-refractivity contribution in [2.24, 2.45) is 0 Å². The maximum atomic E-state index is 12.9. The van der Waals surface area contributed by atoms with Crippen LogP contribution in [0.5, 0.6) is 0 Å². The number of urea groups is 1. The van der Waals surface area contributed by atoms with Gasteiger partial charge in [-0.2, -0.15) is 0 Å². The molecule has 1 N–H and O–H groups in total. The highest BCUT2D eigenvalue weighted by atomic mass is 16.2. The minimum Gasteiger partial charge on any atom is -0.366 e. The van der Waals surface area contributed by atoms with E-state index in [-0.39, 0.29) is 12.1 Å². The summed E-state index contributed by atoms with van der Waals surface area (Å²) >= 11 is 0. The summed E-state index contributed by atoms with van der Waals surface area (Å²) in [6.07, 6.45) is 8.46. The van der Waals surface area contributed by atoms with Crippen LogP contribution in [0.15, 0.2) is 54.4 Å². The Kier molecular flexibility index (Phi) is 3.31. The van der Waals surface area contributed by atoms with Crippen molar-refractivity contribution in [1.29, 1.82) is 0 Å². The number of nitrogens with one attached hydrogen (secondary N) is 1. The van der Waals surface area contributed by atoms with Gasteiger partial charge in [-0.05, 0) is 49.8 Å². The molecule has 1 aliphatic carbocycles. The highest BCUT2D eigenvalue weighted by Gasteiger charge is 2.40. The van der Waals surface area contributed by atoms with Crippen LogP contribution in [0.4, 0.5) is 16.3 Å². The predicted octanol–water partition coefficient (Wildman–Crippen LogP) is 3.01. The number of amides is 2. The Morgan fingerprint density at radius 1 is 1.31 bits per heavy atom. The first-order valence-corrected chi connectivity index (χ1v) is 8.87. The highest BCUT2D eigenvalue weighted by Crippen LogP contribution is 2.40. The number of hydrogen-bond acceptors (Lipinski definition) is 4. The van der Waals surface area contributed by atoms with E-state index in [4.69, 9.17) is 4.98 Å². The maximum absolute atomic E-state index is 12.9. The Morgan fingerprint density at radius 3 is 2.96 bits per heavy atom. The van der Waals surface area contributed by atoms with E-state index in [9.17, 15) is 4.79 Å². The lowest BCUT2D eigenvalue weighted by atomic mass is 10.1. The molecule has 2 bridgehead atoms. The van der Waals surface area contributed by atoms with Crippen LogP contribution in [0.25, 0.3) is 11.3 Å². The number of fused-ring (bicyclic) bond motifs is 4. The SMILES string of the molecule is Cc1cc(-c2ccc3c(n2)N(C(=O)NC2=CC=C2)[C@H]2CCN3C2)ccn1. The summed E-state index contributed by atoms with van der Waals surface area (Å²) in [5.74, 6) is 0.743. The highest BCUT2D eigenvalue weighted by molar-refractivity contribution is 5.98. The fraction of sp³-hybridized carbons (Fsp3) is 0.250. The van der Waals surface area contributed by atoms with Crippen molar-refractivity contribution in [3.63, 3.8) is 0 Å². The molecule has 130 valence electrons. The minimum absolute atomic E-state index is 0.107. The van der Waals surface area contributed by atoms with E-state index in [1.807, 2.05) is 48.3 Å². The average molecular weight is 345 g/mol. The maximum Gasteiger partial charge on any atom is 0.327 e. The normalized spacial score (nSPS) is 19.7. The summed E-state index contributed by atoms with van der Waals surface area (Å²) in [6, 6.07) is 8.13. The Labute approximate surface area is 151 Å². The molecule has 2 aromatic heterocycles. The van der Waals surface area contributed by atoms with Gasteiger partial charge in [-0.15, -0.1) is 0 Å². The van der Waals surface area contributed by atoms with E-state index in [1.54, 1.807) is 6.20 Å². The summed E-state index contributed by atoms with van der Waals surface area (Å²) in [5.41, 5.74) is 4.69. The monoisotopic (exact) mass is 345 g/mol. The molecule has 1 saturated heterocycles. The molecule has 0 spiro atoms. The van der Waals surface area contributed by atoms with E-state index < -0.39 is 0 Å². The van der Waals surface area contributed by atoms with Crippen LogP contribution in [0.1, 0.15) is 12.1 Å². The van der Waals surface area contributed by atoms with Gasteiger partial charge in [-0.3, -0.25) is 9.88 Å². The molecule has 6 nitrogen and oxygen atoms in total. The number of rotatable bonds is 2. The quantitative estimate of drug-likeness (QED) is 0.909. The van der Waals surface area contributed by atoms with E-state index >= 15 is 0 Å². The fourth-order valence-electron chi connectivity index (χ4n) is 3.80. The second-order valence-electron chi connectivity index (χ2n) is 6.89. The van der Waals surface area contributed by atoms with Gasteiger partial charge < -0.3 is 10.2 Å². The van der Waals surface area contributed by atoms with E-state index in [0.29, 0.717) is 0 Å². The second-order valence-corrected chi connectivity index (χ2v) is 6.89. The van der Waals surface area contributed by atoms with Gasteiger partial charge in [0.05, 0.1) is 17.4 Å². The third-order valence-corrected chi connectivity index (χ3v) is 5.17. The van der Waals surface area contributed by atoms with E-state index in [0.717, 1.165) is 53.7 Å². The molecule has 0 radical (unpaired) electrons. The minimum atomic E-state index is -0.107. The van der Waals surface area contributed by atoms with Crippen LogP contribution in [0.2, 0.25) is 0 Å². The molecule has 2 aromatic rings. The zero-order chi connectivity index (χ0) is 17.7. The lowest BCUT2D eigenvalue weighted by molar-refractivity contribution is 0.246. The number of aryl methyl sites for hydroxylation is 1. The summed E-state index contributed by atoms with van der Waals surface area (Å²) < 4.78 is 0. The average Bonchev–Trinajstić information content (AvgIpc) is 3.02. The number of anilines is 2. The van der Waals surface area contributed by atoms with Gasteiger partial charge in [0.25, 0.3) is 0 Å². The molecular weight excluding hydrogens is 326 g/mol. The number of aromatic nitrogens is 2.